The van der Waals surface area contributed by atoms with Crippen LogP contribution in [0.15, 0.2) is 0 Å². The SMILES string of the molecule is CCCCCCCCCCCCCC[N+](CCC)(CCC)CCCC[N+](CCC)(CCC)CCCCCCCCCCCCCC. The molecule has 0 spiro atoms. The first-order valence-electron chi connectivity index (χ1n) is 22.3. The zero-order valence-corrected chi connectivity index (χ0v) is 33.8. The van der Waals surface area contributed by atoms with Crippen molar-refractivity contribution < 1.29 is 8.97 Å². The van der Waals surface area contributed by atoms with Crippen LogP contribution in [0.4, 0.5) is 0 Å². The van der Waals surface area contributed by atoms with Crippen molar-refractivity contribution in [3.8, 4) is 0 Å². The third kappa shape index (κ3) is 26.8. The van der Waals surface area contributed by atoms with Gasteiger partial charge < -0.3 is 8.97 Å². The zero-order valence-electron chi connectivity index (χ0n) is 33.8. The van der Waals surface area contributed by atoms with Crippen LogP contribution in [0.25, 0.3) is 0 Å². The summed E-state index contributed by atoms with van der Waals surface area (Å²) in [6, 6.07) is 0. The highest BCUT2D eigenvalue weighted by Gasteiger charge is 2.28. The van der Waals surface area contributed by atoms with Gasteiger partial charge in [-0.2, -0.15) is 0 Å². The van der Waals surface area contributed by atoms with Gasteiger partial charge in [-0.05, 0) is 51.4 Å². The maximum Gasteiger partial charge on any atom is 0.0788 e. The molecule has 2 heteroatoms. The second kappa shape index (κ2) is 34.8. The molecule has 0 radical (unpaired) electrons. The van der Waals surface area contributed by atoms with E-state index < -0.39 is 0 Å². The fourth-order valence-corrected chi connectivity index (χ4v) is 8.71. The van der Waals surface area contributed by atoms with Crippen LogP contribution in [0.5, 0.6) is 0 Å². The first-order valence-corrected chi connectivity index (χ1v) is 22.3. The van der Waals surface area contributed by atoms with Crippen LogP contribution >= 0.6 is 0 Å². The van der Waals surface area contributed by atoms with E-state index in [1.54, 1.807) is 0 Å². The Bertz CT molecular complexity index is 510. The van der Waals surface area contributed by atoms with Crippen molar-refractivity contribution in [2.45, 2.75) is 234 Å². The van der Waals surface area contributed by atoms with Crippen molar-refractivity contribution in [1.29, 1.82) is 0 Å². The van der Waals surface area contributed by atoms with Gasteiger partial charge in [0.1, 0.15) is 0 Å². The Morgan fingerprint density at radius 1 is 0.174 bits per heavy atom. The molecule has 278 valence electrons. The van der Waals surface area contributed by atoms with Gasteiger partial charge in [0.15, 0.2) is 0 Å². The summed E-state index contributed by atoms with van der Waals surface area (Å²) in [5.41, 5.74) is 0. The molecular formula is C44H94N2+2. The number of rotatable bonds is 39. The molecule has 0 aromatic rings. The lowest BCUT2D eigenvalue weighted by atomic mass is 10.0. The Morgan fingerprint density at radius 3 is 0.543 bits per heavy atom. The third-order valence-electron chi connectivity index (χ3n) is 11.3. The van der Waals surface area contributed by atoms with Crippen molar-refractivity contribution in [1.82, 2.24) is 0 Å². The van der Waals surface area contributed by atoms with E-state index in [4.69, 9.17) is 0 Å². The molecule has 0 heterocycles. The summed E-state index contributed by atoms with van der Waals surface area (Å²) in [5, 5.41) is 0. The summed E-state index contributed by atoms with van der Waals surface area (Å²) >= 11 is 0. The number of hydrogen-bond donors (Lipinski definition) is 0. The molecule has 0 aliphatic heterocycles. The van der Waals surface area contributed by atoms with Gasteiger partial charge in [0.05, 0.1) is 52.4 Å². The Balaban J connectivity index is 4.48. The minimum absolute atomic E-state index is 1.35. The van der Waals surface area contributed by atoms with Crippen molar-refractivity contribution in [3.05, 3.63) is 0 Å². The van der Waals surface area contributed by atoms with Gasteiger partial charge >= 0.3 is 0 Å². The number of quaternary nitrogens is 2. The second-order valence-corrected chi connectivity index (χ2v) is 16.0. The van der Waals surface area contributed by atoms with E-state index in [0.29, 0.717) is 0 Å². The molecule has 0 unspecified atom stereocenters. The maximum absolute atomic E-state index is 2.43. The molecule has 0 aliphatic rings. The molecular weight excluding hydrogens is 556 g/mol. The number of nitrogens with zero attached hydrogens (tertiary/aromatic N) is 2. The minimum Gasteiger partial charge on any atom is -0.324 e. The van der Waals surface area contributed by atoms with Gasteiger partial charge in [-0.15, -0.1) is 0 Å². The average Bonchev–Trinajstić information content (AvgIpc) is 3.04. The lowest BCUT2D eigenvalue weighted by Gasteiger charge is -2.41. The molecule has 0 aliphatic carbocycles. The summed E-state index contributed by atoms with van der Waals surface area (Å²) < 4.78 is 2.84. The van der Waals surface area contributed by atoms with Crippen molar-refractivity contribution in [2.75, 3.05) is 52.4 Å². The van der Waals surface area contributed by atoms with Crippen molar-refractivity contribution in [3.63, 3.8) is 0 Å². The van der Waals surface area contributed by atoms with E-state index in [0.717, 1.165) is 0 Å². The van der Waals surface area contributed by atoms with E-state index in [1.807, 2.05) is 0 Å². The Kier molecular flexibility index (Phi) is 34.7. The average molecular weight is 651 g/mol. The molecule has 0 rings (SSSR count). The quantitative estimate of drug-likeness (QED) is 0.0459. The minimum atomic E-state index is 1.35. The lowest BCUT2D eigenvalue weighted by molar-refractivity contribution is -0.934. The van der Waals surface area contributed by atoms with E-state index in [1.165, 1.54) is 254 Å². The van der Waals surface area contributed by atoms with Crippen molar-refractivity contribution in [2.24, 2.45) is 0 Å². The molecule has 0 aromatic heterocycles. The molecule has 0 N–H and O–H groups in total. The van der Waals surface area contributed by atoms with Gasteiger partial charge in [0.2, 0.25) is 0 Å². The highest BCUT2D eigenvalue weighted by atomic mass is 15.4. The highest BCUT2D eigenvalue weighted by Crippen LogP contribution is 2.21. The van der Waals surface area contributed by atoms with E-state index in [-0.39, 0.29) is 0 Å². The topological polar surface area (TPSA) is 0 Å². The number of unbranched alkanes of at least 4 members (excludes halogenated alkanes) is 23. The zero-order chi connectivity index (χ0) is 33.9. The van der Waals surface area contributed by atoms with E-state index in [9.17, 15) is 0 Å². The molecule has 0 saturated heterocycles. The molecule has 0 aromatic carbocycles. The fraction of sp³-hybridized carbons (Fsp3) is 1.00. The second-order valence-electron chi connectivity index (χ2n) is 16.0. The van der Waals surface area contributed by atoms with Gasteiger partial charge in [-0.1, -0.05) is 170 Å². The van der Waals surface area contributed by atoms with E-state index >= 15 is 0 Å². The fourth-order valence-electron chi connectivity index (χ4n) is 8.71. The van der Waals surface area contributed by atoms with Crippen LogP contribution in [-0.4, -0.2) is 61.3 Å². The smallest absolute Gasteiger partial charge is 0.0788 e. The Labute approximate surface area is 294 Å². The van der Waals surface area contributed by atoms with Gasteiger partial charge in [0, 0.05) is 12.8 Å². The first kappa shape index (κ1) is 45.9. The highest BCUT2D eigenvalue weighted by molar-refractivity contribution is 4.55. The molecule has 0 fully saturated rings. The monoisotopic (exact) mass is 651 g/mol. The first-order chi connectivity index (χ1) is 22.6. The molecule has 2 nitrogen and oxygen atoms in total. The van der Waals surface area contributed by atoms with Crippen LogP contribution in [-0.2, 0) is 0 Å². The summed E-state index contributed by atoms with van der Waals surface area (Å²) in [6.45, 7) is 25.8. The van der Waals surface area contributed by atoms with Crippen LogP contribution in [0.3, 0.4) is 0 Å². The third-order valence-corrected chi connectivity index (χ3v) is 11.3. The Morgan fingerprint density at radius 2 is 0.348 bits per heavy atom. The number of hydrogen-bond acceptors (Lipinski definition) is 0. The van der Waals surface area contributed by atoms with Crippen LogP contribution in [0.1, 0.15) is 234 Å². The van der Waals surface area contributed by atoms with Crippen molar-refractivity contribution >= 4 is 0 Å². The normalized spacial score (nSPS) is 12.4. The van der Waals surface area contributed by atoms with Gasteiger partial charge in [-0.25, -0.2) is 0 Å². The van der Waals surface area contributed by atoms with Crippen LogP contribution < -0.4 is 0 Å². The Hall–Kier alpha value is -0.0800. The maximum atomic E-state index is 2.43. The molecule has 0 saturated carbocycles. The largest absolute Gasteiger partial charge is 0.324 e. The van der Waals surface area contributed by atoms with Gasteiger partial charge in [0.25, 0.3) is 0 Å². The standard InChI is InChI=1S/C44H94N2/c1-7-13-15-17-19-21-23-25-27-29-31-33-41-45(37-9-3,38-10-4)43-35-36-44-46(39-11-5,40-12-6)42-34-32-30-28-26-24-22-20-18-16-14-8-2/h7-44H2,1-6H3/q+2. The summed E-state index contributed by atoms with van der Waals surface area (Å²) in [6.07, 6.45) is 43.4. The lowest BCUT2D eigenvalue weighted by Crippen LogP contribution is -2.52. The summed E-state index contributed by atoms with van der Waals surface area (Å²) in [5.74, 6) is 0. The summed E-state index contributed by atoms with van der Waals surface area (Å²) in [7, 11) is 0. The van der Waals surface area contributed by atoms with Crippen LogP contribution in [0.2, 0.25) is 0 Å². The molecule has 0 atom stereocenters. The molecule has 46 heavy (non-hydrogen) atoms. The van der Waals surface area contributed by atoms with Gasteiger partial charge in [-0.3, -0.25) is 0 Å². The summed E-state index contributed by atoms with van der Waals surface area (Å²) in [4.78, 5) is 0. The van der Waals surface area contributed by atoms with E-state index in [2.05, 4.69) is 41.5 Å². The molecule has 0 bridgehead atoms. The predicted molar refractivity (Wildman–Crippen MR) is 212 cm³/mol. The molecule has 0 amide bonds. The van der Waals surface area contributed by atoms with Crippen LogP contribution in [0, 0.1) is 0 Å². The predicted octanol–water partition coefficient (Wildman–Crippen LogP) is 14.4.